The quantitative estimate of drug-likeness (QED) is 0.806. The molecule has 0 saturated carbocycles. The lowest BCUT2D eigenvalue weighted by atomic mass is 10.1. The summed E-state index contributed by atoms with van der Waals surface area (Å²) < 4.78 is 12.5. The van der Waals surface area contributed by atoms with Gasteiger partial charge in [0.15, 0.2) is 0 Å². The van der Waals surface area contributed by atoms with Gasteiger partial charge < -0.3 is 14.8 Å². The van der Waals surface area contributed by atoms with Crippen LogP contribution in [0.2, 0.25) is 0 Å². The Morgan fingerprint density at radius 1 is 1.65 bits per heavy atom. The molecule has 1 amide bonds. The second kappa shape index (κ2) is 7.28. The smallest absolute Gasteiger partial charge is 0.226 e. The number of ether oxygens (including phenoxy) is 2. The molecule has 1 N–H and O–H groups in total. The first kappa shape index (κ1) is 14.8. The molecule has 0 spiro atoms. The van der Waals surface area contributed by atoms with Crippen LogP contribution in [0.5, 0.6) is 5.88 Å². The Hall–Kier alpha value is -1.56. The monoisotopic (exact) mass is 281 g/mol. The molecule has 1 aromatic heterocycles. The van der Waals surface area contributed by atoms with Gasteiger partial charge in [0.25, 0.3) is 0 Å². The highest BCUT2D eigenvalue weighted by Gasteiger charge is 2.17. The zero-order valence-corrected chi connectivity index (χ0v) is 12.2. The maximum Gasteiger partial charge on any atom is 0.226 e. The summed E-state index contributed by atoms with van der Waals surface area (Å²) in [5, 5.41) is 7.23. The van der Waals surface area contributed by atoms with Crippen molar-refractivity contribution >= 4 is 5.91 Å². The fourth-order valence-corrected chi connectivity index (χ4v) is 2.16. The third kappa shape index (κ3) is 4.23. The van der Waals surface area contributed by atoms with E-state index < -0.39 is 0 Å². The van der Waals surface area contributed by atoms with Gasteiger partial charge >= 0.3 is 0 Å². The fraction of sp³-hybridized carbons (Fsp3) is 0.714. The number of hydrogen-bond donors (Lipinski definition) is 1. The number of nitrogens with one attached hydrogen (secondary N) is 1. The van der Waals surface area contributed by atoms with Gasteiger partial charge in [-0.25, -0.2) is 4.68 Å². The molecule has 1 atom stereocenters. The number of carbonyl (C=O) groups excluding carboxylic acids is 1. The van der Waals surface area contributed by atoms with E-state index in [2.05, 4.69) is 17.3 Å². The maximum atomic E-state index is 11.9. The second-order valence-corrected chi connectivity index (χ2v) is 5.16. The van der Waals surface area contributed by atoms with Crippen molar-refractivity contribution in [2.45, 2.75) is 26.2 Å². The molecule has 0 aromatic carbocycles. The van der Waals surface area contributed by atoms with Gasteiger partial charge in [-0.2, -0.15) is 5.10 Å². The van der Waals surface area contributed by atoms with E-state index in [-0.39, 0.29) is 12.3 Å². The van der Waals surface area contributed by atoms with Crippen molar-refractivity contribution in [1.82, 2.24) is 15.1 Å². The average molecular weight is 281 g/mol. The Balaban J connectivity index is 1.78. The highest BCUT2D eigenvalue weighted by molar-refractivity contribution is 5.78. The Labute approximate surface area is 119 Å². The first-order chi connectivity index (χ1) is 9.69. The number of aryl methyl sites for hydroxylation is 1. The lowest BCUT2D eigenvalue weighted by Gasteiger charge is -2.08. The summed E-state index contributed by atoms with van der Waals surface area (Å²) in [5.74, 6) is 1.15. The maximum absolute atomic E-state index is 11.9. The van der Waals surface area contributed by atoms with E-state index in [0.29, 0.717) is 24.9 Å². The van der Waals surface area contributed by atoms with Crippen LogP contribution in [0, 0.1) is 5.92 Å². The minimum absolute atomic E-state index is 0.00274. The van der Waals surface area contributed by atoms with Crippen LogP contribution in [-0.4, -0.2) is 42.1 Å². The molecule has 1 aromatic rings. The molecule has 1 aliphatic rings. The lowest BCUT2D eigenvalue weighted by molar-refractivity contribution is -0.120. The van der Waals surface area contributed by atoms with Crippen LogP contribution in [-0.2, 0) is 23.0 Å². The predicted molar refractivity (Wildman–Crippen MR) is 74.6 cm³/mol. The largest absolute Gasteiger partial charge is 0.478 e. The van der Waals surface area contributed by atoms with Gasteiger partial charge in [0.2, 0.25) is 11.8 Å². The van der Waals surface area contributed by atoms with Crippen LogP contribution in [0.15, 0.2) is 6.07 Å². The summed E-state index contributed by atoms with van der Waals surface area (Å²) in [6, 6.07) is 1.83. The number of nitrogens with zero attached hydrogens (tertiary/aromatic N) is 2. The number of rotatable bonds is 7. The van der Waals surface area contributed by atoms with Crippen LogP contribution in [0.3, 0.4) is 0 Å². The van der Waals surface area contributed by atoms with Crippen molar-refractivity contribution < 1.29 is 14.3 Å². The van der Waals surface area contributed by atoms with E-state index in [0.717, 1.165) is 31.7 Å². The summed E-state index contributed by atoms with van der Waals surface area (Å²) in [6.07, 6.45) is 2.26. The first-order valence-corrected chi connectivity index (χ1v) is 7.19. The van der Waals surface area contributed by atoms with Gasteiger partial charge in [-0.05, 0) is 12.8 Å². The molecule has 2 heterocycles. The molecule has 6 nitrogen and oxygen atoms in total. The van der Waals surface area contributed by atoms with Crippen LogP contribution in [0.1, 0.15) is 25.5 Å². The van der Waals surface area contributed by atoms with Gasteiger partial charge in [-0.3, -0.25) is 4.79 Å². The molecular weight excluding hydrogens is 258 g/mol. The predicted octanol–water partition coefficient (Wildman–Crippen LogP) is 0.904. The summed E-state index contributed by atoms with van der Waals surface area (Å²) in [4.78, 5) is 11.9. The normalized spacial score (nSPS) is 18.2. The number of aromatic nitrogens is 2. The Morgan fingerprint density at radius 2 is 2.50 bits per heavy atom. The summed E-state index contributed by atoms with van der Waals surface area (Å²) in [6.45, 7) is 4.95. The molecule has 1 unspecified atom stereocenters. The van der Waals surface area contributed by atoms with E-state index in [4.69, 9.17) is 9.47 Å². The third-order valence-electron chi connectivity index (χ3n) is 3.30. The topological polar surface area (TPSA) is 65.4 Å². The number of hydrogen-bond acceptors (Lipinski definition) is 4. The van der Waals surface area contributed by atoms with Crippen molar-refractivity contribution in [3.63, 3.8) is 0 Å². The van der Waals surface area contributed by atoms with Crippen molar-refractivity contribution in [2.24, 2.45) is 13.0 Å². The van der Waals surface area contributed by atoms with Crippen molar-refractivity contribution in [3.05, 3.63) is 11.8 Å². The van der Waals surface area contributed by atoms with E-state index in [1.807, 2.05) is 13.1 Å². The highest BCUT2D eigenvalue weighted by Crippen LogP contribution is 2.13. The van der Waals surface area contributed by atoms with Crippen LogP contribution in [0.25, 0.3) is 0 Å². The Kier molecular flexibility index (Phi) is 5.40. The zero-order valence-electron chi connectivity index (χ0n) is 12.2. The van der Waals surface area contributed by atoms with E-state index in [1.54, 1.807) is 4.68 Å². The molecule has 0 radical (unpaired) electrons. The van der Waals surface area contributed by atoms with Crippen LogP contribution < -0.4 is 10.1 Å². The summed E-state index contributed by atoms with van der Waals surface area (Å²) in [7, 11) is 1.82. The fourth-order valence-electron chi connectivity index (χ4n) is 2.16. The minimum atomic E-state index is -0.00274. The number of amides is 1. The second-order valence-electron chi connectivity index (χ2n) is 5.16. The molecule has 1 saturated heterocycles. The molecule has 20 heavy (non-hydrogen) atoms. The van der Waals surface area contributed by atoms with E-state index in [1.165, 1.54) is 0 Å². The molecule has 1 aliphatic heterocycles. The van der Waals surface area contributed by atoms with Crippen molar-refractivity contribution in [1.29, 1.82) is 0 Å². The minimum Gasteiger partial charge on any atom is -0.478 e. The molecule has 2 rings (SSSR count). The number of carbonyl (C=O) groups is 1. The van der Waals surface area contributed by atoms with Gasteiger partial charge in [-0.15, -0.1) is 0 Å². The Morgan fingerprint density at radius 3 is 3.20 bits per heavy atom. The molecule has 1 fully saturated rings. The van der Waals surface area contributed by atoms with Gasteiger partial charge in [0, 0.05) is 32.2 Å². The summed E-state index contributed by atoms with van der Waals surface area (Å²) >= 11 is 0. The molecule has 0 aliphatic carbocycles. The standard InChI is InChI=1S/C14H23N3O3/c1-3-5-20-14-8-12(16-17(14)2)7-13(18)15-9-11-4-6-19-10-11/h8,11H,3-7,9-10H2,1-2H3,(H,15,18). The highest BCUT2D eigenvalue weighted by atomic mass is 16.5. The van der Waals surface area contributed by atoms with Gasteiger partial charge in [0.05, 0.1) is 25.3 Å². The van der Waals surface area contributed by atoms with E-state index >= 15 is 0 Å². The van der Waals surface area contributed by atoms with Crippen LogP contribution >= 0.6 is 0 Å². The van der Waals surface area contributed by atoms with Gasteiger partial charge in [0.1, 0.15) is 0 Å². The Bertz CT molecular complexity index is 439. The molecule has 0 bridgehead atoms. The first-order valence-electron chi connectivity index (χ1n) is 7.19. The SMILES string of the molecule is CCCOc1cc(CC(=O)NCC2CCOC2)nn1C. The molecule has 6 heteroatoms. The average Bonchev–Trinajstić information content (AvgIpc) is 3.04. The van der Waals surface area contributed by atoms with Gasteiger partial charge in [-0.1, -0.05) is 6.92 Å². The lowest BCUT2D eigenvalue weighted by Crippen LogP contribution is -2.30. The van der Waals surface area contributed by atoms with E-state index in [9.17, 15) is 4.79 Å². The summed E-state index contributed by atoms with van der Waals surface area (Å²) in [5.41, 5.74) is 0.735. The third-order valence-corrected chi connectivity index (χ3v) is 3.30. The molecular formula is C14H23N3O3. The zero-order chi connectivity index (χ0) is 14.4. The van der Waals surface area contributed by atoms with Crippen molar-refractivity contribution in [2.75, 3.05) is 26.4 Å². The van der Waals surface area contributed by atoms with Crippen LogP contribution in [0.4, 0.5) is 0 Å². The molecule has 112 valence electrons. The van der Waals surface area contributed by atoms with Crippen molar-refractivity contribution in [3.8, 4) is 5.88 Å².